The number of hydrogen-bond acceptors (Lipinski definition) is 5. The molecule has 0 aliphatic heterocycles. The van der Waals surface area contributed by atoms with Crippen molar-refractivity contribution in [1.29, 1.82) is 0 Å². The molecule has 0 atom stereocenters. The van der Waals surface area contributed by atoms with Crippen LogP contribution in [0.5, 0.6) is 5.75 Å². The number of fused-ring (bicyclic) bond motifs is 1. The van der Waals surface area contributed by atoms with Crippen LogP contribution in [0.2, 0.25) is 0 Å². The van der Waals surface area contributed by atoms with Gasteiger partial charge in [0.2, 0.25) is 0 Å². The van der Waals surface area contributed by atoms with Gasteiger partial charge in [0.25, 0.3) is 0 Å². The lowest BCUT2D eigenvalue weighted by molar-refractivity contribution is -0.0498. The van der Waals surface area contributed by atoms with Crippen molar-refractivity contribution < 1.29 is 27.8 Å². The zero-order valence-electron chi connectivity index (χ0n) is 15.9. The number of benzene rings is 2. The Balaban J connectivity index is 1.77. The average molecular weight is 399 g/mol. The van der Waals surface area contributed by atoms with Gasteiger partial charge in [0.15, 0.2) is 12.4 Å². The van der Waals surface area contributed by atoms with Gasteiger partial charge in [-0.25, -0.2) is 4.79 Å². The van der Waals surface area contributed by atoms with E-state index in [9.17, 15) is 18.4 Å². The van der Waals surface area contributed by atoms with E-state index in [-0.39, 0.29) is 11.3 Å². The van der Waals surface area contributed by atoms with E-state index in [0.29, 0.717) is 22.9 Å². The van der Waals surface area contributed by atoms with Crippen molar-refractivity contribution in [2.45, 2.75) is 26.9 Å². The van der Waals surface area contributed by atoms with E-state index in [1.54, 1.807) is 19.1 Å². The van der Waals surface area contributed by atoms with Gasteiger partial charge in [0.1, 0.15) is 5.75 Å². The Morgan fingerprint density at radius 1 is 1.07 bits per heavy atom. The highest BCUT2D eigenvalue weighted by molar-refractivity contribution is 6.06. The number of ketones is 1. The fourth-order valence-electron chi connectivity index (χ4n) is 3.07. The predicted octanol–water partition coefficient (Wildman–Crippen LogP) is 4.75. The summed E-state index contributed by atoms with van der Waals surface area (Å²) in [4.78, 5) is 29.6. The molecule has 0 aliphatic carbocycles. The van der Waals surface area contributed by atoms with Gasteiger partial charge in [0.05, 0.1) is 11.1 Å². The fourth-order valence-corrected chi connectivity index (χ4v) is 3.07. The second kappa shape index (κ2) is 8.77. The fraction of sp³-hybridized carbons (Fsp3) is 0.227. The lowest BCUT2D eigenvalue weighted by atomic mass is 10.0. The first-order valence-corrected chi connectivity index (χ1v) is 9.04. The topological polar surface area (TPSA) is 65.5 Å². The SMILES string of the molecule is CCc1nc2ccccc2c(C(=O)OCC(=O)c2ccc(OC(F)F)cc2)c1C. The Morgan fingerprint density at radius 2 is 1.76 bits per heavy atom. The van der Waals surface area contributed by atoms with Crippen LogP contribution in [0.4, 0.5) is 8.78 Å². The molecule has 29 heavy (non-hydrogen) atoms. The highest BCUT2D eigenvalue weighted by atomic mass is 19.3. The molecule has 0 N–H and O–H groups in total. The van der Waals surface area contributed by atoms with Gasteiger partial charge in [-0.1, -0.05) is 25.1 Å². The zero-order valence-corrected chi connectivity index (χ0v) is 15.9. The molecule has 1 aromatic heterocycles. The van der Waals surface area contributed by atoms with Crippen molar-refractivity contribution in [3.05, 3.63) is 70.9 Å². The number of carbonyl (C=O) groups is 2. The maximum atomic E-state index is 12.8. The number of para-hydroxylation sites is 1. The Morgan fingerprint density at radius 3 is 2.41 bits per heavy atom. The van der Waals surface area contributed by atoms with Crippen molar-refractivity contribution >= 4 is 22.7 Å². The monoisotopic (exact) mass is 399 g/mol. The summed E-state index contributed by atoms with van der Waals surface area (Å²) in [5.41, 5.74) is 2.81. The lowest BCUT2D eigenvalue weighted by Gasteiger charge is -2.13. The molecule has 3 rings (SSSR count). The van der Waals surface area contributed by atoms with Gasteiger partial charge < -0.3 is 9.47 Å². The molecule has 0 fully saturated rings. The molecule has 1 heterocycles. The second-order valence-corrected chi connectivity index (χ2v) is 6.33. The molecule has 3 aromatic rings. The standard InChI is InChI=1S/C22H19F2NO4/c1-3-17-13(2)20(16-6-4-5-7-18(16)25-17)21(27)28-12-19(26)14-8-10-15(11-9-14)29-22(23)24/h4-11,22H,3,12H2,1-2H3. The average Bonchev–Trinajstić information content (AvgIpc) is 2.71. The van der Waals surface area contributed by atoms with Crippen LogP contribution in [0.15, 0.2) is 48.5 Å². The number of halogens is 2. The van der Waals surface area contributed by atoms with Crippen LogP contribution in [0.25, 0.3) is 10.9 Å². The summed E-state index contributed by atoms with van der Waals surface area (Å²) in [5.74, 6) is -1.12. The van der Waals surface area contributed by atoms with Crippen molar-refractivity contribution in [2.24, 2.45) is 0 Å². The Labute approximate surface area is 166 Å². The number of aryl methyl sites for hydroxylation is 1. The number of hydrogen-bond donors (Lipinski definition) is 0. The third-order valence-corrected chi connectivity index (χ3v) is 4.51. The minimum Gasteiger partial charge on any atom is -0.454 e. The maximum absolute atomic E-state index is 12.8. The van der Waals surface area contributed by atoms with Gasteiger partial charge in [-0.15, -0.1) is 0 Å². The summed E-state index contributed by atoms with van der Waals surface area (Å²) in [5, 5.41) is 0.660. The van der Waals surface area contributed by atoms with Gasteiger partial charge in [-0.2, -0.15) is 8.78 Å². The van der Waals surface area contributed by atoms with E-state index >= 15 is 0 Å². The van der Waals surface area contributed by atoms with Gasteiger partial charge in [-0.3, -0.25) is 9.78 Å². The Bertz CT molecular complexity index is 1050. The number of aromatic nitrogens is 1. The summed E-state index contributed by atoms with van der Waals surface area (Å²) < 4.78 is 33.9. The maximum Gasteiger partial charge on any atom is 0.387 e. The Hall–Kier alpha value is -3.35. The molecule has 2 aromatic carbocycles. The summed E-state index contributed by atoms with van der Waals surface area (Å²) in [7, 11) is 0. The van der Waals surface area contributed by atoms with Crippen LogP contribution < -0.4 is 4.74 Å². The van der Waals surface area contributed by atoms with E-state index in [0.717, 1.165) is 11.3 Å². The number of alkyl halides is 2. The molecule has 0 radical (unpaired) electrons. The number of carbonyl (C=O) groups excluding carboxylic acids is 2. The molecule has 5 nitrogen and oxygen atoms in total. The molecule has 0 unspecified atom stereocenters. The smallest absolute Gasteiger partial charge is 0.387 e. The summed E-state index contributed by atoms with van der Waals surface area (Å²) >= 11 is 0. The van der Waals surface area contributed by atoms with Crippen LogP contribution in [0.3, 0.4) is 0 Å². The second-order valence-electron chi connectivity index (χ2n) is 6.33. The summed E-state index contributed by atoms with van der Waals surface area (Å²) in [6.45, 7) is 0.345. The minimum atomic E-state index is -2.94. The first-order chi connectivity index (χ1) is 13.9. The van der Waals surface area contributed by atoms with Gasteiger partial charge in [0, 0.05) is 16.6 Å². The van der Waals surface area contributed by atoms with Gasteiger partial charge in [-0.05, 0) is 49.2 Å². The highest BCUT2D eigenvalue weighted by Gasteiger charge is 2.20. The van der Waals surface area contributed by atoms with Crippen LogP contribution in [0, 0.1) is 6.92 Å². The van der Waals surface area contributed by atoms with Crippen LogP contribution in [0.1, 0.15) is 38.9 Å². The van der Waals surface area contributed by atoms with Crippen molar-refractivity contribution in [3.8, 4) is 5.75 Å². The molecule has 0 aliphatic rings. The molecular formula is C22H19F2NO4. The molecule has 0 bridgehead atoms. The summed E-state index contributed by atoms with van der Waals surface area (Å²) in [6, 6.07) is 12.5. The number of ether oxygens (including phenoxy) is 2. The summed E-state index contributed by atoms with van der Waals surface area (Å²) in [6.07, 6.45) is 0.656. The molecule has 0 spiro atoms. The molecule has 0 amide bonds. The lowest BCUT2D eigenvalue weighted by Crippen LogP contribution is -2.16. The minimum absolute atomic E-state index is 0.0560. The number of pyridine rings is 1. The predicted molar refractivity (Wildman–Crippen MR) is 104 cm³/mol. The third kappa shape index (κ3) is 4.56. The largest absolute Gasteiger partial charge is 0.454 e. The Kier molecular flexibility index (Phi) is 6.16. The number of esters is 1. The number of nitrogens with zero attached hydrogens (tertiary/aromatic N) is 1. The van der Waals surface area contributed by atoms with E-state index in [2.05, 4.69) is 9.72 Å². The molecule has 7 heteroatoms. The van der Waals surface area contributed by atoms with Crippen molar-refractivity contribution in [1.82, 2.24) is 4.98 Å². The highest BCUT2D eigenvalue weighted by Crippen LogP contribution is 2.24. The zero-order chi connectivity index (χ0) is 21.0. The van der Waals surface area contributed by atoms with E-state index in [1.165, 1.54) is 24.3 Å². The first-order valence-electron chi connectivity index (χ1n) is 9.04. The third-order valence-electron chi connectivity index (χ3n) is 4.51. The van der Waals surface area contributed by atoms with Gasteiger partial charge >= 0.3 is 12.6 Å². The van der Waals surface area contributed by atoms with E-state index in [4.69, 9.17) is 4.74 Å². The first kappa shape index (κ1) is 20.4. The molecule has 0 saturated heterocycles. The quantitative estimate of drug-likeness (QED) is 0.424. The van der Waals surface area contributed by atoms with Crippen molar-refractivity contribution in [2.75, 3.05) is 6.61 Å². The van der Waals surface area contributed by atoms with Crippen LogP contribution >= 0.6 is 0 Å². The van der Waals surface area contributed by atoms with Crippen molar-refractivity contribution in [3.63, 3.8) is 0 Å². The molecule has 0 saturated carbocycles. The molecular weight excluding hydrogens is 380 g/mol. The van der Waals surface area contributed by atoms with E-state index in [1.807, 2.05) is 19.1 Å². The number of rotatable bonds is 7. The molecule has 150 valence electrons. The van der Waals surface area contributed by atoms with E-state index < -0.39 is 25.0 Å². The normalized spacial score (nSPS) is 10.9. The van der Waals surface area contributed by atoms with Crippen LogP contribution in [-0.2, 0) is 11.2 Å². The van der Waals surface area contributed by atoms with Crippen LogP contribution in [-0.4, -0.2) is 30.0 Å². The number of Topliss-reactive ketones (excluding diaryl/α,β-unsaturated/α-hetero) is 1.